The van der Waals surface area contributed by atoms with Crippen molar-refractivity contribution in [2.75, 3.05) is 0 Å². The van der Waals surface area contributed by atoms with Crippen molar-refractivity contribution < 1.29 is 48.2 Å². The molecule has 10 heteroatoms. The first-order valence-corrected chi connectivity index (χ1v) is 9.35. The first-order chi connectivity index (χ1) is 15.1. The fourth-order valence-corrected chi connectivity index (χ4v) is 3.56. The molecule has 0 unspecified atom stereocenters. The molecule has 0 amide bonds. The number of hydrogen-bond donors (Lipinski definition) is 5. The topological polar surface area (TPSA) is 120 Å². The molecular formula is C22H17F3O7. The summed E-state index contributed by atoms with van der Waals surface area (Å²) < 4.78 is 51.9. The van der Waals surface area contributed by atoms with Crippen LogP contribution in [0.2, 0.25) is 0 Å². The average Bonchev–Trinajstić information content (AvgIpc) is 2.73. The van der Waals surface area contributed by atoms with Crippen molar-refractivity contribution in [2.45, 2.75) is 25.2 Å². The standard InChI is InChI=1S/C22H17F3O7/c23-13-1-9(2-14(24)20(13)25)8-31-19-7-12-15(27)5-11(26)6-18(12)32-22(19)10-3-16(28)21(30)17(29)4-10/h1-6,19,22,26-30H,7-8H2/t19-,22-/m0/s1. The van der Waals surface area contributed by atoms with Gasteiger partial charge in [0.2, 0.25) is 0 Å². The third-order valence-corrected chi connectivity index (χ3v) is 5.10. The summed E-state index contributed by atoms with van der Waals surface area (Å²) in [5, 5.41) is 49.3. The van der Waals surface area contributed by atoms with E-state index < -0.39 is 46.9 Å². The van der Waals surface area contributed by atoms with Crippen molar-refractivity contribution in [2.24, 2.45) is 0 Å². The second-order valence-corrected chi connectivity index (χ2v) is 7.31. The number of benzene rings is 3. The lowest BCUT2D eigenvalue weighted by Crippen LogP contribution is -2.33. The Morgan fingerprint density at radius 3 is 2.09 bits per heavy atom. The molecule has 168 valence electrons. The van der Waals surface area contributed by atoms with E-state index in [0.717, 1.165) is 30.3 Å². The summed E-state index contributed by atoms with van der Waals surface area (Å²) in [7, 11) is 0. The zero-order valence-electron chi connectivity index (χ0n) is 16.2. The highest BCUT2D eigenvalue weighted by Gasteiger charge is 2.35. The van der Waals surface area contributed by atoms with Crippen LogP contribution in [0.4, 0.5) is 13.2 Å². The fraction of sp³-hybridized carbons (Fsp3) is 0.182. The predicted molar refractivity (Wildman–Crippen MR) is 103 cm³/mol. The summed E-state index contributed by atoms with van der Waals surface area (Å²) >= 11 is 0. The highest BCUT2D eigenvalue weighted by molar-refractivity contribution is 5.54. The molecule has 2 atom stereocenters. The number of phenolic OH excluding ortho intramolecular Hbond substituents is 5. The van der Waals surface area contributed by atoms with Crippen LogP contribution >= 0.6 is 0 Å². The van der Waals surface area contributed by atoms with Crippen molar-refractivity contribution in [3.63, 3.8) is 0 Å². The van der Waals surface area contributed by atoms with Crippen LogP contribution in [0.15, 0.2) is 36.4 Å². The Balaban J connectivity index is 1.70. The van der Waals surface area contributed by atoms with Crippen LogP contribution < -0.4 is 4.74 Å². The molecule has 1 heterocycles. The van der Waals surface area contributed by atoms with Gasteiger partial charge in [-0.05, 0) is 29.8 Å². The van der Waals surface area contributed by atoms with Crippen molar-refractivity contribution in [3.8, 4) is 34.5 Å². The monoisotopic (exact) mass is 450 g/mol. The molecule has 7 nitrogen and oxygen atoms in total. The van der Waals surface area contributed by atoms with E-state index in [2.05, 4.69) is 0 Å². The van der Waals surface area contributed by atoms with Crippen molar-refractivity contribution in [1.29, 1.82) is 0 Å². The zero-order valence-corrected chi connectivity index (χ0v) is 16.2. The minimum atomic E-state index is -1.61. The van der Waals surface area contributed by atoms with Crippen molar-refractivity contribution >= 4 is 0 Å². The van der Waals surface area contributed by atoms with Gasteiger partial charge in [0.25, 0.3) is 0 Å². The molecule has 5 N–H and O–H groups in total. The molecule has 0 saturated heterocycles. The van der Waals surface area contributed by atoms with E-state index in [1.807, 2.05) is 0 Å². The molecule has 3 aromatic rings. The first-order valence-electron chi connectivity index (χ1n) is 9.35. The SMILES string of the molecule is Oc1cc(O)c2c(c1)O[C@@H](c1cc(O)c(O)c(O)c1)[C@@H](OCc1cc(F)c(F)c(F)c1)C2. The Hall–Kier alpha value is -3.79. The van der Waals surface area contributed by atoms with Crippen LogP contribution in [0.3, 0.4) is 0 Å². The number of halogens is 3. The molecule has 0 bridgehead atoms. The Labute approximate surface area is 179 Å². The fourth-order valence-electron chi connectivity index (χ4n) is 3.56. The van der Waals surface area contributed by atoms with Gasteiger partial charge in [0.05, 0.1) is 6.61 Å². The highest BCUT2D eigenvalue weighted by atomic mass is 19.2. The number of phenols is 5. The quantitative estimate of drug-likeness (QED) is 0.302. The number of fused-ring (bicyclic) bond motifs is 1. The summed E-state index contributed by atoms with van der Waals surface area (Å²) in [6.45, 7) is -0.358. The Kier molecular flexibility index (Phi) is 5.39. The normalized spacial score (nSPS) is 17.6. The highest BCUT2D eigenvalue weighted by Crippen LogP contribution is 2.45. The molecule has 0 saturated carbocycles. The van der Waals surface area contributed by atoms with Gasteiger partial charge in [-0.15, -0.1) is 0 Å². The third kappa shape index (κ3) is 3.92. The van der Waals surface area contributed by atoms with E-state index in [0.29, 0.717) is 0 Å². The molecule has 0 aromatic heterocycles. The molecule has 4 rings (SSSR count). The van der Waals surface area contributed by atoms with Crippen LogP contribution in [0.1, 0.15) is 22.8 Å². The van der Waals surface area contributed by atoms with E-state index in [9.17, 15) is 38.7 Å². The summed E-state index contributed by atoms with van der Waals surface area (Å²) in [6, 6.07) is 6.16. The molecule has 1 aliphatic heterocycles. The van der Waals surface area contributed by atoms with Gasteiger partial charge in [0.15, 0.2) is 40.8 Å². The molecule has 0 fully saturated rings. The Bertz CT molecular complexity index is 1150. The van der Waals surface area contributed by atoms with E-state index in [1.54, 1.807) is 0 Å². The minimum Gasteiger partial charge on any atom is -0.508 e. The lowest BCUT2D eigenvalue weighted by molar-refractivity contribution is -0.0468. The maximum Gasteiger partial charge on any atom is 0.200 e. The summed E-state index contributed by atoms with van der Waals surface area (Å²) in [5.41, 5.74) is 0.456. The van der Waals surface area contributed by atoms with Gasteiger partial charge >= 0.3 is 0 Å². The molecule has 3 aromatic carbocycles. The molecule has 32 heavy (non-hydrogen) atoms. The minimum absolute atomic E-state index is 0.00252. The van der Waals surface area contributed by atoms with E-state index >= 15 is 0 Å². The Morgan fingerprint density at radius 2 is 1.47 bits per heavy atom. The lowest BCUT2D eigenvalue weighted by atomic mass is 9.93. The average molecular weight is 450 g/mol. The smallest absolute Gasteiger partial charge is 0.200 e. The Morgan fingerprint density at radius 1 is 0.844 bits per heavy atom. The number of hydrogen-bond acceptors (Lipinski definition) is 7. The van der Waals surface area contributed by atoms with E-state index in [1.165, 1.54) is 6.07 Å². The molecule has 0 radical (unpaired) electrons. The number of ether oxygens (including phenoxy) is 2. The lowest BCUT2D eigenvalue weighted by Gasteiger charge is -2.34. The first kappa shape index (κ1) is 21.4. The predicted octanol–water partition coefficient (Wildman–Crippen LogP) is 3.89. The second-order valence-electron chi connectivity index (χ2n) is 7.31. The third-order valence-electron chi connectivity index (χ3n) is 5.10. The van der Waals surface area contributed by atoms with Crippen molar-refractivity contribution in [3.05, 3.63) is 70.5 Å². The summed E-state index contributed by atoms with van der Waals surface area (Å²) in [4.78, 5) is 0. The maximum absolute atomic E-state index is 13.5. The molecule has 0 aliphatic carbocycles. The second kappa shape index (κ2) is 8.04. The van der Waals surface area contributed by atoms with Crippen LogP contribution in [0.5, 0.6) is 34.5 Å². The summed E-state index contributed by atoms with van der Waals surface area (Å²) in [5.74, 6) is -6.81. The van der Waals surface area contributed by atoms with E-state index in [4.69, 9.17) is 9.47 Å². The van der Waals surface area contributed by atoms with Gasteiger partial charge in [0.1, 0.15) is 23.4 Å². The van der Waals surface area contributed by atoms with Crippen LogP contribution in [0.25, 0.3) is 0 Å². The maximum atomic E-state index is 13.5. The van der Waals surface area contributed by atoms with Gasteiger partial charge in [-0.25, -0.2) is 13.2 Å². The van der Waals surface area contributed by atoms with Gasteiger partial charge < -0.3 is 35.0 Å². The van der Waals surface area contributed by atoms with Crippen LogP contribution in [-0.4, -0.2) is 31.6 Å². The van der Waals surface area contributed by atoms with Gasteiger partial charge in [-0.1, -0.05) is 0 Å². The largest absolute Gasteiger partial charge is 0.508 e. The van der Waals surface area contributed by atoms with Gasteiger partial charge in [0, 0.05) is 29.7 Å². The molecular weight excluding hydrogens is 433 g/mol. The van der Waals surface area contributed by atoms with Gasteiger partial charge in [-0.3, -0.25) is 0 Å². The number of rotatable bonds is 4. The van der Waals surface area contributed by atoms with Gasteiger partial charge in [-0.2, -0.15) is 0 Å². The van der Waals surface area contributed by atoms with Crippen LogP contribution in [-0.2, 0) is 17.8 Å². The van der Waals surface area contributed by atoms with E-state index in [-0.39, 0.29) is 47.0 Å². The van der Waals surface area contributed by atoms with Crippen LogP contribution in [0, 0.1) is 17.5 Å². The molecule has 1 aliphatic rings. The number of aromatic hydroxyl groups is 5. The van der Waals surface area contributed by atoms with Crippen molar-refractivity contribution in [1.82, 2.24) is 0 Å². The molecule has 0 spiro atoms. The summed E-state index contributed by atoms with van der Waals surface area (Å²) in [6.07, 6.45) is -1.94. The zero-order chi connectivity index (χ0) is 23.2.